The summed E-state index contributed by atoms with van der Waals surface area (Å²) in [6.45, 7) is 3.76. The fourth-order valence-corrected chi connectivity index (χ4v) is 4.43. The molecule has 3 atom stereocenters. The number of aliphatic carboxylic acids is 1. The minimum Gasteiger partial charge on any atom is -0.481 e. The molecular formula is C25H26FN3O4. The SMILES string of the molecule is CC(C)c1ccc(C(NC(=O)C2CCCC2C(=O)O)c2cccc(-c3ccno3)c2)nc1F. The molecule has 3 unspecified atom stereocenters. The first-order valence-electron chi connectivity index (χ1n) is 11.1. The van der Waals surface area contributed by atoms with Gasteiger partial charge in [-0.25, -0.2) is 4.98 Å². The van der Waals surface area contributed by atoms with Crippen LogP contribution in [0.3, 0.4) is 0 Å². The standard InChI is InChI=1S/C25H26FN3O4/c1-14(2)17-9-10-20(28-23(17)26)22(29-24(30)18-7-4-8-19(18)25(31)32)16-6-3-5-15(13-16)21-11-12-27-33-21/h3,5-6,9-14,18-19,22H,4,7-8H2,1-2H3,(H,29,30)(H,31,32). The fraction of sp³-hybridized carbons (Fsp3) is 0.360. The summed E-state index contributed by atoms with van der Waals surface area (Å²) in [6, 6.07) is 11.6. The van der Waals surface area contributed by atoms with E-state index in [1.54, 1.807) is 24.3 Å². The lowest BCUT2D eigenvalue weighted by Gasteiger charge is -2.23. The molecule has 3 aromatic rings. The first-order valence-corrected chi connectivity index (χ1v) is 11.1. The van der Waals surface area contributed by atoms with Gasteiger partial charge in [0.25, 0.3) is 0 Å². The number of carbonyl (C=O) groups excluding carboxylic acids is 1. The molecule has 0 spiro atoms. The molecule has 1 fully saturated rings. The molecule has 2 aromatic heterocycles. The molecule has 0 aliphatic heterocycles. The van der Waals surface area contributed by atoms with Gasteiger partial charge in [0, 0.05) is 17.2 Å². The van der Waals surface area contributed by atoms with Crippen LogP contribution in [0.1, 0.15) is 61.9 Å². The highest BCUT2D eigenvalue weighted by Crippen LogP contribution is 2.34. The maximum Gasteiger partial charge on any atom is 0.307 e. The Morgan fingerprint density at radius 2 is 1.94 bits per heavy atom. The van der Waals surface area contributed by atoms with Gasteiger partial charge in [0.15, 0.2) is 5.76 Å². The molecule has 33 heavy (non-hydrogen) atoms. The Kier molecular flexibility index (Phi) is 6.53. The van der Waals surface area contributed by atoms with Gasteiger partial charge in [-0.15, -0.1) is 0 Å². The average molecular weight is 451 g/mol. The molecule has 0 radical (unpaired) electrons. The molecule has 8 heteroatoms. The second kappa shape index (κ2) is 9.52. The van der Waals surface area contributed by atoms with Crippen molar-refractivity contribution in [2.75, 3.05) is 0 Å². The van der Waals surface area contributed by atoms with Gasteiger partial charge in [-0.2, -0.15) is 4.39 Å². The Morgan fingerprint density at radius 1 is 1.15 bits per heavy atom. The van der Waals surface area contributed by atoms with Crippen LogP contribution < -0.4 is 5.32 Å². The number of hydrogen-bond donors (Lipinski definition) is 2. The van der Waals surface area contributed by atoms with Gasteiger partial charge in [0.05, 0.1) is 29.8 Å². The van der Waals surface area contributed by atoms with Crippen LogP contribution in [0.25, 0.3) is 11.3 Å². The summed E-state index contributed by atoms with van der Waals surface area (Å²) < 4.78 is 20.0. The molecule has 1 amide bonds. The van der Waals surface area contributed by atoms with Crippen LogP contribution in [0.2, 0.25) is 0 Å². The minimum atomic E-state index is -0.970. The highest BCUT2D eigenvalue weighted by Gasteiger charge is 2.38. The number of carbonyl (C=O) groups is 2. The molecule has 2 N–H and O–H groups in total. The van der Waals surface area contributed by atoms with Crippen LogP contribution in [-0.2, 0) is 9.59 Å². The lowest BCUT2D eigenvalue weighted by molar-refractivity contribution is -0.146. The minimum absolute atomic E-state index is 0.0378. The number of hydrogen-bond acceptors (Lipinski definition) is 5. The maximum atomic E-state index is 14.8. The summed E-state index contributed by atoms with van der Waals surface area (Å²) >= 11 is 0. The molecule has 1 aromatic carbocycles. The van der Waals surface area contributed by atoms with Gasteiger partial charge in [-0.1, -0.05) is 49.7 Å². The van der Waals surface area contributed by atoms with E-state index < -0.39 is 29.8 Å². The van der Waals surface area contributed by atoms with Gasteiger partial charge < -0.3 is 14.9 Å². The van der Waals surface area contributed by atoms with E-state index in [-0.39, 0.29) is 11.8 Å². The van der Waals surface area contributed by atoms with E-state index in [0.29, 0.717) is 41.8 Å². The van der Waals surface area contributed by atoms with Crippen LogP contribution >= 0.6 is 0 Å². The second-order valence-electron chi connectivity index (χ2n) is 8.70. The lowest BCUT2D eigenvalue weighted by atomic mass is 9.93. The smallest absolute Gasteiger partial charge is 0.307 e. The van der Waals surface area contributed by atoms with E-state index in [9.17, 15) is 19.1 Å². The van der Waals surface area contributed by atoms with Crippen molar-refractivity contribution in [3.63, 3.8) is 0 Å². The zero-order chi connectivity index (χ0) is 23.5. The Hall–Kier alpha value is -3.55. The van der Waals surface area contributed by atoms with E-state index in [4.69, 9.17) is 4.52 Å². The number of benzene rings is 1. The third-order valence-corrected chi connectivity index (χ3v) is 6.22. The molecule has 4 rings (SSSR count). The summed E-state index contributed by atoms with van der Waals surface area (Å²) in [6.07, 6.45) is 3.18. The highest BCUT2D eigenvalue weighted by atomic mass is 19.1. The van der Waals surface area contributed by atoms with Gasteiger partial charge in [0.2, 0.25) is 11.9 Å². The van der Waals surface area contributed by atoms with E-state index in [0.717, 1.165) is 5.56 Å². The fourth-order valence-electron chi connectivity index (χ4n) is 4.43. The molecule has 2 heterocycles. The predicted octanol–water partition coefficient (Wildman–Crippen LogP) is 4.71. The normalized spacial score (nSPS) is 18.9. The summed E-state index contributed by atoms with van der Waals surface area (Å²) in [7, 11) is 0. The van der Waals surface area contributed by atoms with Crippen LogP contribution in [-0.4, -0.2) is 27.1 Å². The first-order chi connectivity index (χ1) is 15.8. The zero-order valence-corrected chi connectivity index (χ0v) is 18.5. The zero-order valence-electron chi connectivity index (χ0n) is 18.5. The van der Waals surface area contributed by atoms with E-state index >= 15 is 0 Å². The number of pyridine rings is 1. The van der Waals surface area contributed by atoms with Crippen molar-refractivity contribution in [2.45, 2.75) is 45.1 Å². The van der Waals surface area contributed by atoms with E-state index in [1.807, 2.05) is 32.0 Å². The number of nitrogens with one attached hydrogen (secondary N) is 1. The molecule has 1 aliphatic carbocycles. The number of rotatable bonds is 7. The summed E-state index contributed by atoms with van der Waals surface area (Å²) in [5.74, 6) is -2.77. The molecule has 1 saturated carbocycles. The van der Waals surface area contributed by atoms with Crippen molar-refractivity contribution in [3.05, 3.63) is 71.4 Å². The number of aromatic nitrogens is 2. The second-order valence-corrected chi connectivity index (χ2v) is 8.70. The quantitative estimate of drug-likeness (QED) is 0.504. The third kappa shape index (κ3) is 4.79. The first kappa shape index (κ1) is 22.6. The van der Waals surface area contributed by atoms with Crippen molar-refractivity contribution >= 4 is 11.9 Å². The average Bonchev–Trinajstić information content (AvgIpc) is 3.49. The topological polar surface area (TPSA) is 105 Å². The van der Waals surface area contributed by atoms with E-state index in [2.05, 4.69) is 15.5 Å². The van der Waals surface area contributed by atoms with Gasteiger partial charge in [-0.05, 0) is 36.5 Å². The van der Waals surface area contributed by atoms with Crippen molar-refractivity contribution in [3.8, 4) is 11.3 Å². The molecular weight excluding hydrogens is 425 g/mol. The number of halogens is 1. The van der Waals surface area contributed by atoms with Crippen LogP contribution in [0.15, 0.2) is 53.2 Å². The largest absolute Gasteiger partial charge is 0.481 e. The third-order valence-electron chi connectivity index (χ3n) is 6.22. The molecule has 0 saturated heterocycles. The molecule has 1 aliphatic rings. The predicted molar refractivity (Wildman–Crippen MR) is 119 cm³/mol. The van der Waals surface area contributed by atoms with Crippen molar-refractivity contribution in [1.29, 1.82) is 0 Å². The van der Waals surface area contributed by atoms with Crippen molar-refractivity contribution < 1.29 is 23.6 Å². The number of amides is 1. The van der Waals surface area contributed by atoms with Crippen LogP contribution in [0.4, 0.5) is 4.39 Å². The molecule has 0 bridgehead atoms. The monoisotopic (exact) mass is 451 g/mol. The van der Waals surface area contributed by atoms with E-state index in [1.165, 1.54) is 6.20 Å². The number of carboxylic acids is 1. The Labute approximate surface area is 191 Å². The lowest BCUT2D eigenvalue weighted by Crippen LogP contribution is -2.38. The Morgan fingerprint density at radius 3 is 2.61 bits per heavy atom. The number of carboxylic acid groups (broad SMARTS) is 1. The molecule has 172 valence electrons. The maximum absolute atomic E-state index is 14.8. The van der Waals surface area contributed by atoms with Crippen LogP contribution in [0.5, 0.6) is 0 Å². The van der Waals surface area contributed by atoms with Crippen molar-refractivity contribution in [2.24, 2.45) is 11.8 Å². The van der Waals surface area contributed by atoms with Gasteiger partial charge in [-0.3, -0.25) is 9.59 Å². The van der Waals surface area contributed by atoms with Crippen molar-refractivity contribution in [1.82, 2.24) is 15.5 Å². The Bertz CT molecular complexity index is 1150. The van der Waals surface area contributed by atoms with Crippen LogP contribution in [0, 0.1) is 17.8 Å². The summed E-state index contributed by atoms with van der Waals surface area (Å²) in [5, 5.41) is 16.2. The van der Waals surface area contributed by atoms with Gasteiger partial charge in [0.1, 0.15) is 0 Å². The van der Waals surface area contributed by atoms with Gasteiger partial charge >= 0.3 is 5.97 Å². The summed E-state index contributed by atoms with van der Waals surface area (Å²) in [5.41, 5.74) is 2.24. The number of nitrogens with zero attached hydrogens (tertiary/aromatic N) is 2. The molecule has 7 nitrogen and oxygen atoms in total. The summed E-state index contributed by atoms with van der Waals surface area (Å²) in [4.78, 5) is 28.9. The highest BCUT2D eigenvalue weighted by molar-refractivity contribution is 5.85. The Balaban J connectivity index is 1.71.